The Morgan fingerprint density at radius 1 is 1.20 bits per heavy atom. The molecule has 0 bridgehead atoms. The van der Waals surface area contributed by atoms with Crippen LogP contribution in [-0.2, 0) is 7.05 Å². The van der Waals surface area contributed by atoms with Gasteiger partial charge in [-0.25, -0.2) is 14.4 Å². The van der Waals surface area contributed by atoms with E-state index in [-0.39, 0.29) is 39.1 Å². The summed E-state index contributed by atoms with van der Waals surface area (Å²) in [4.78, 5) is 36.5. The molecule has 2 aromatic carbocycles. The molecule has 0 aliphatic rings. The number of carbonyl (C=O) groups is 1. The van der Waals surface area contributed by atoms with Gasteiger partial charge < -0.3 is 10.2 Å². The molecule has 9 nitrogen and oxygen atoms in total. The number of hydrogen-bond acceptors (Lipinski definition) is 6. The van der Waals surface area contributed by atoms with Crippen LogP contribution < -0.4 is 10.9 Å². The molecule has 11 heteroatoms. The highest BCUT2D eigenvalue weighted by atomic mass is 35.5. The largest absolute Gasteiger partial charge is 0.377 e. The van der Waals surface area contributed by atoms with Crippen LogP contribution in [0.15, 0.2) is 53.6 Å². The number of hydrogen-bond donors (Lipinski definition) is 1. The SMILES string of the molecule is Cc1cc(C(C)Nc2ccc(Cl)nc2-c2ccc(C#N)cc2F)c2c(c1)c(=O)n(C)c1c(C(=O)N(C)C)ncn21. The highest BCUT2D eigenvalue weighted by Crippen LogP contribution is 2.34. The van der Waals surface area contributed by atoms with Crippen molar-refractivity contribution in [3.63, 3.8) is 0 Å². The number of anilines is 1. The van der Waals surface area contributed by atoms with Gasteiger partial charge in [0.2, 0.25) is 0 Å². The molecule has 0 fully saturated rings. The molecule has 1 amide bonds. The molecule has 40 heavy (non-hydrogen) atoms. The maximum absolute atomic E-state index is 15.0. The van der Waals surface area contributed by atoms with Crippen molar-refractivity contribution in [1.82, 2.24) is 23.8 Å². The quantitative estimate of drug-likeness (QED) is 0.301. The van der Waals surface area contributed by atoms with Crippen molar-refractivity contribution in [2.45, 2.75) is 19.9 Å². The number of pyridine rings is 1. The number of rotatable bonds is 5. The Bertz CT molecular complexity index is 1940. The number of nitrogens with zero attached hydrogens (tertiary/aromatic N) is 6. The summed E-state index contributed by atoms with van der Waals surface area (Å²) in [6, 6.07) is 12.7. The minimum atomic E-state index is -0.604. The van der Waals surface area contributed by atoms with Crippen molar-refractivity contribution in [2.24, 2.45) is 7.05 Å². The predicted molar refractivity (Wildman–Crippen MR) is 152 cm³/mol. The summed E-state index contributed by atoms with van der Waals surface area (Å²) in [5.74, 6) is -0.926. The molecule has 1 atom stereocenters. The number of nitriles is 1. The molecule has 0 spiro atoms. The normalized spacial score (nSPS) is 11.9. The number of nitrogens with one attached hydrogen (secondary N) is 1. The number of aryl methyl sites for hydroxylation is 2. The molecule has 1 unspecified atom stereocenters. The third-order valence-corrected chi connectivity index (χ3v) is 6.99. The lowest BCUT2D eigenvalue weighted by Gasteiger charge is -2.21. The number of benzene rings is 2. The van der Waals surface area contributed by atoms with Gasteiger partial charge in [-0.1, -0.05) is 17.7 Å². The first-order chi connectivity index (χ1) is 19.0. The van der Waals surface area contributed by atoms with Crippen molar-refractivity contribution in [3.05, 3.63) is 92.5 Å². The monoisotopic (exact) mass is 557 g/mol. The number of imidazole rings is 1. The van der Waals surface area contributed by atoms with Gasteiger partial charge in [0.05, 0.1) is 40.0 Å². The average Bonchev–Trinajstić information content (AvgIpc) is 3.36. The zero-order chi connectivity index (χ0) is 28.9. The molecule has 0 radical (unpaired) electrons. The van der Waals surface area contributed by atoms with E-state index in [1.165, 1.54) is 21.6 Å². The molecule has 0 aliphatic carbocycles. The first kappa shape index (κ1) is 26.8. The van der Waals surface area contributed by atoms with Crippen LogP contribution in [0.4, 0.5) is 10.1 Å². The van der Waals surface area contributed by atoms with Gasteiger partial charge in [0.25, 0.3) is 11.5 Å². The van der Waals surface area contributed by atoms with Gasteiger partial charge in [0, 0.05) is 26.7 Å². The van der Waals surface area contributed by atoms with Gasteiger partial charge in [0.1, 0.15) is 17.3 Å². The van der Waals surface area contributed by atoms with Crippen molar-refractivity contribution < 1.29 is 9.18 Å². The van der Waals surface area contributed by atoms with Crippen LogP contribution in [0.3, 0.4) is 0 Å². The Morgan fingerprint density at radius 2 is 1.95 bits per heavy atom. The number of amides is 1. The predicted octanol–water partition coefficient (Wildman–Crippen LogP) is 5.10. The topological polar surface area (TPSA) is 108 Å². The van der Waals surface area contributed by atoms with Crippen LogP contribution in [0, 0.1) is 24.1 Å². The van der Waals surface area contributed by atoms with Crippen molar-refractivity contribution >= 4 is 39.7 Å². The molecular weight excluding hydrogens is 533 g/mol. The van der Waals surface area contributed by atoms with Crippen LogP contribution >= 0.6 is 11.6 Å². The molecule has 5 rings (SSSR count). The molecule has 5 aromatic rings. The Labute approximate surface area is 234 Å². The third-order valence-electron chi connectivity index (χ3n) is 6.78. The van der Waals surface area contributed by atoms with Gasteiger partial charge in [-0.2, -0.15) is 5.26 Å². The second-order valence-electron chi connectivity index (χ2n) is 9.80. The Kier molecular flexibility index (Phi) is 6.77. The van der Waals surface area contributed by atoms with Crippen molar-refractivity contribution in [1.29, 1.82) is 5.26 Å². The highest BCUT2D eigenvalue weighted by molar-refractivity contribution is 6.29. The maximum atomic E-state index is 15.0. The summed E-state index contributed by atoms with van der Waals surface area (Å²) in [6.07, 6.45) is 1.54. The summed E-state index contributed by atoms with van der Waals surface area (Å²) in [5, 5.41) is 13.2. The highest BCUT2D eigenvalue weighted by Gasteiger charge is 2.24. The van der Waals surface area contributed by atoms with E-state index in [0.29, 0.717) is 22.2 Å². The fraction of sp³-hybridized carbons (Fsp3) is 0.207. The third kappa shape index (κ3) is 4.44. The molecule has 0 saturated heterocycles. The van der Waals surface area contributed by atoms with E-state index in [9.17, 15) is 14.0 Å². The zero-order valence-electron chi connectivity index (χ0n) is 22.5. The fourth-order valence-corrected chi connectivity index (χ4v) is 5.03. The number of aromatic nitrogens is 4. The summed E-state index contributed by atoms with van der Waals surface area (Å²) >= 11 is 6.19. The van der Waals surface area contributed by atoms with E-state index < -0.39 is 11.9 Å². The Hall–Kier alpha value is -4.75. The van der Waals surface area contributed by atoms with Gasteiger partial charge in [-0.15, -0.1) is 0 Å². The second kappa shape index (κ2) is 10.1. The minimum Gasteiger partial charge on any atom is -0.377 e. The Morgan fingerprint density at radius 3 is 2.62 bits per heavy atom. The van der Waals surface area contributed by atoms with Crippen LogP contribution in [0.2, 0.25) is 5.15 Å². The molecule has 0 aliphatic heterocycles. The van der Waals surface area contributed by atoms with E-state index in [1.54, 1.807) is 44.0 Å². The summed E-state index contributed by atoms with van der Waals surface area (Å²) in [6.45, 7) is 3.81. The molecule has 3 heterocycles. The van der Waals surface area contributed by atoms with Crippen molar-refractivity contribution in [2.75, 3.05) is 19.4 Å². The smallest absolute Gasteiger partial charge is 0.275 e. The van der Waals surface area contributed by atoms with E-state index >= 15 is 0 Å². The van der Waals surface area contributed by atoms with Crippen LogP contribution in [0.5, 0.6) is 0 Å². The van der Waals surface area contributed by atoms with Crippen LogP contribution in [0.25, 0.3) is 27.8 Å². The average molecular weight is 558 g/mol. The molecule has 1 N–H and O–H groups in total. The number of fused-ring (bicyclic) bond motifs is 3. The van der Waals surface area contributed by atoms with Crippen molar-refractivity contribution in [3.8, 4) is 17.3 Å². The summed E-state index contributed by atoms with van der Waals surface area (Å²) in [7, 11) is 4.87. The lowest BCUT2D eigenvalue weighted by atomic mass is 10.00. The van der Waals surface area contributed by atoms with E-state index in [0.717, 1.165) is 17.2 Å². The lowest BCUT2D eigenvalue weighted by molar-refractivity contribution is 0.0824. The number of carbonyl (C=O) groups excluding carboxylic acids is 1. The second-order valence-corrected chi connectivity index (χ2v) is 10.2. The summed E-state index contributed by atoms with van der Waals surface area (Å²) in [5.41, 5.74) is 3.67. The minimum absolute atomic E-state index is 0.166. The standard InChI is InChI=1S/C29H25ClFN7O2/c1-15-10-19(26-20(11-15)28(39)37(5)27-25(29(40)36(3)4)33-14-38(26)27)16(2)34-22-8-9-23(30)35-24(22)18-7-6-17(13-32)12-21(18)31/h6-12,14,16,34H,1-5H3. The van der Waals surface area contributed by atoms with Gasteiger partial charge >= 0.3 is 0 Å². The first-order valence-corrected chi connectivity index (χ1v) is 12.7. The summed E-state index contributed by atoms with van der Waals surface area (Å²) < 4.78 is 18.2. The van der Waals surface area contributed by atoms with E-state index in [1.807, 2.05) is 32.0 Å². The molecular formula is C29H25ClFN7O2. The molecule has 3 aromatic heterocycles. The lowest BCUT2D eigenvalue weighted by Crippen LogP contribution is -2.26. The first-order valence-electron chi connectivity index (χ1n) is 12.4. The van der Waals surface area contributed by atoms with Crippen LogP contribution in [0.1, 0.15) is 40.1 Å². The molecule has 0 saturated carbocycles. The van der Waals surface area contributed by atoms with Gasteiger partial charge in [-0.3, -0.25) is 18.6 Å². The molecule has 202 valence electrons. The fourth-order valence-electron chi connectivity index (χ4n) is 4.88. The van der Waals surface area contributed by atoms with E-state index in [4.69, 9.17) is 16.9 Å². The van der Waals surface area contributed by atoms with Gasteiger partial charge in [-0.05, 0) is 61.4 Å². The maximum Gasteiger partial charge on any atom is 0.275 e. The zero-order valence-corrected chi connectivity index (χ0v) is 23.2. The van der Waals surface area contributed by atoms with E-state index in [2.05, 4.69) is 15.3 Å². The Balaban J connectivity index is 1.70. The van der Waals surface area contributed by atoms with Gasteiger partial charge in [0.15, 0.2) is 11.3 Å². The number of halogens is 2. The van der Waals surface area contributed by atoms with Crippen LogP contribution in [-0.4, -0.2) is 43.8 Å².